The van der Waals surface area contributed by atoms with Crippen molar-refractivity contribution in [3.63, 3.8) is 0 Å². The zero-order valence-corrected chi connectivity index (χ0v) is 18.6. The fourth-order valence-corrected chi connectivity index (χ4v) is 3.45. The summed E-state index contributed by atoms with van der Waals surface area (Å²) in [5, 5.41) is 9.62. The second kappa shape index (κ2) is 10.0. The number of methoxy groups -OCH3 is 1. The van der Waals surface area contributed by atoms with Crippen LogP contribution in [-0.2, 0) is 6.54 Å². The van der Waals surface area contributed by atoms with Crippen LogP contribution in [0.2, 0.25) is 0 Å². The number of rotatable bonds is 9. The predicted octanol–water partition coefficient (Wildman–Crippen LogP) is 4.11. The summed E-state index contributed by atoms with van der Waals surface area (Å²) in [7, 11) is 1.64. The summed E-state index contributed by atoms with van der Waals surface area (Å²) in [6, 6.07) is 16.1. The number of nitrogens with one attached hydrogen (secondary N) is 1. The molecular formula is C24H27N7O. The molecule has 0 aliphatic heterocycles. The van der Waals surface area contributed by atoms with Gasteiger partial charge < -0.3 is 4.74 Å². The molecule has 8 heteroatoms. The molecule has 0 spiro atoms. The van der Waals surface area contributed by atoms with Crippen LogP contribution in [0.3, 0.4) is 0 Å². The van der Waals surface area contributed by atoms with Gasteiger partial charge in [-0.15, -0.1) is 0 Å². The van der Waals surface area contributed by atoms with E-state index < -0.39 is 0 Å². The highest BCUT2D eigenvalue weighted by atomic mass is 16.5. The smallest absolute Gasteiger partial charge is 0.168 e. The van der Waals surface area contributed by atoms with Gasteiger partial charge in [0.25, 0.3) is 0 Å². The third-order valence-electron chi connectivity index (χ3n) is 5.33. The number of fused-ring (bicyclic) bond motifs is 1. The molecule has 2 heterocycles. The van der Waals surface area contributed by atoms with Crippen LogP contribution < -0.4 is 10.2 Å². The van der Waals surface area contributed by atoms with Gasteiger partial charge in [0.15, 0.2) is 11.5 Å². The first-order valence-electron chi connectivity index (χ1n) is 10.6. The van der Waals surface area contributed by atoms with Crippen molar-refractivity contribution < 1.29 is 4.74 Å². The van der Waals surface area contributed by atoms with Gasteiger partial charge in [0.2, 0.25) is 0 Å². The highest BCUT2D eigenvalue weighted by molar-refractivity contribution is 5.88. The minimum atomic E-state index is 0.596. The van der Waals surface area contributed by atoms with Gasteiger partial charge in [-0.3, -0.25) is 10.3 Å². The van der Waals surface area contributed by atoms with Crippen molar-refractivity contribution in [1.82, 2.24) is 24.6 Å². The lowest BCUT2D eigenvalue weighted by atomic mass is 10.1. The van der Waals surface area contributed by atoms with Crippen molar-refractivity contribution in [3.05, 3.63) is 72.2 Å². The van der Waals surface area contributed by atoms with Gasteiger partial charge in [0.05, 0.1) is 30.6 Å². The maximum atomic E-state index is 5.31. The van der Waals surface area contributed by atoms with Crippen LogP contribution in [0.25, 0.3) is 16.7 Å². The van der Waals surface area contributed by atoms with Crippen LogP contribution in [0.4, 0.5) is 5.82 Å². The van der Waals surface area contributed by atoms with E-state index in [-0.39, 0.29) is 0 Å². The molecule has 0 saturated heterocycles. The Balaban J connectivity index is 1.49. The van der Waals surface area contributed by atoms with Crippen molar-refractivity contribution in [2.45, 2.75) is 20.4 Å². The van der Waals surface area contributed by atoms with Crippen LogP contribution in [0.5, 0.6) is 5.75 Å². The molecule has 0 aliphatic carbocycles. The summed E-state index contributed by atoms with van der Waals surface area (Å²) in [6.07, 6.45) is 5.01. The topological polar surface area (TPSA) is 80.5 Å². The maximum Gasteiger partial charge on any atom is 0.168 e. The van der Waals surface area contributed by atoms with Gasteiger partial charge in [0.1, 0.15) is 12.1 Å². The summed E-state index contributed by atoms with van der Waals surface area (Å²) in [5.74, 6) is 1.35. The van der Waals surface area contributed by atoms with Crippen molar-refractivity contribution in [2.24, 2.45) is 5.10 Å². The molecule has 0 amide bonds. The van der Waals surface area contributed by atoms with Gasteiger partial charge in [-0.05, 0) is 36.3 Å². The van der Waals surface area contributed by atoms with E-state index in [0.717, 1.165) is 42.0 Å². The lowest BCUT2D eigenvalue weighted by Crippen LogP contribution is -2.21. The van der Waals surface area contributed by atoms with E-state index in [1.54, 1.807) is 24.2 Å². The molecule has 0 radical (unpaired) electrons. The Bertz CT molecular complexity index is 1200. The van der Waals surface area contributed by atoms with Crippen molar-refractivity contribution >= 4 is 23.1 Å². The first-order valence-corrected chi connectivity index (χ1v) is 10.6. The molecule has 164 valence electrons. The Labute approximate surface area is 187 Å². The van der Waals surface area contributed by atoms with Crippen molar-refractivity contribution in [3.8, 4) is 11.4 Å². The van der Waals surface area contributed by atoms with Crippen LogP contribution >= 0.6 is 0 Å². The molecule has 32 heavy (non-hydrogen) atoms. The molecule has 2 aromatic heterocycles. The highest BCUT2D eigenvalue weighted by Crippen LogP contribution is 2.23. The fourth-order valence-electron chi connectivity index (χ4n) is 3.45. The predicted molar refractivity (Wildman–Crippen MR) is 127 cm³/mol. The fraction of sp³-hybridized carbons (Fsp3) is 0.250. The highest BCUT2D eigenvalue weighted by Gasteiger charge is 2.11. The van der Waals surface area contributed by atoms with E-state index in [4.69, 9.17) is 4.74 Å². The maximum absolute atomic E-state index is 5.31. The first kappa shape index (κ1) is 21.5. The normalized spacial score (nSPS) is 11.5. The van der Waals surface area contributed by atoms with Gasteiger partial charge in [-0.1, -0.05) is 44.2 Å². The molecular weight excluding hydrogens is 402 g/mol. The molecule has 0 bridgehead atoms. The molecule has 2 aromatic carbocycles. The molecule has 0 unspecified atom stereocenters. The van der Waals surface area contributed by atoms with E-state index in [1.165, 1.54) is 11.9 Å². The third-order valence-corrected chi connectivity index (χ3v) is 5.33. The Morgan fingerprint density at radius 1 is 1.09 bits per heavy atom. The zero-order valence-electron chi connectivity index (χ0n) is 18.6. The van der Waals surface area contributed by atoms with E-state index in [9.17, 15) is 0 Å². The molecule has 0 fully saturated rings. The number of aromatic nitrogens is 4. The van der Waals surface area contributed by atoms with Crippen LogP contribution in [0.1, 0.15) is 25.0 Å². The quantitative estimate of drug-likeness (QED) is 0.319. The number of hydrogen-bond donors (Lipinski definition) is 1. The number of nitrogens with zero attached hydrogens (tertiary/aromatic N) is 6. The lowest BCUT2D eigenvalue weighted by Gasteiger charge is -2.17. The van der Waals surface area contributed by atoms with Gasteiger partial charge in [-0.25, -0.2) is 14.6 Å². The monoisotopic (exact) mass is 429 g/mol. The number of ether oxygens (including phenoxy) is 1. The Morgan fingerprint density at radius 3 is 2.66 bits per heavy atom. The zero-order chi connectivity index (χ0) is 22.3. The van der Waals surface area contributed by atoms with Crippen LogP contribution in [0.15, 0.2) is 66.2 Å². The van der Waals surface area contributed by atoms with E-state index in [0.29, 0.717) is 11.5 Å². The Morgan fingerprint density at radius 2 is 1.91 bits per heavy atom. The minimum Gasteiger partial charge on any atom is -0.497 e. The minimum absolute atomic E-state index is 0.596. The van der Waals surface area contributed by atoms with E-state index in [2.05, 4.69) is 68.6 Å². The number of anilines is 1. The molecule has 4 rings (SSSR count). The summed E-state index contributed by atoms with van der Waals surface area (Å²) >= 11 is 0. The summed E-state index contributed by atoms with van der Waals surface area (Å²) in [4.78, 5) is 11.1. The second-order valence-corrected chi connectivity index (χ2v) is 7.29. The third kappa shape index (κ3) is 4.76. The molecule has 4 aromatic rings. The molecule has 1 N–H and O–H groups in total. The Hall–Kier alpha value is -3.78. The average Bonchev–Trinajstić information content (AvgIpc) is 3.28. The van der Waals surface area contributed by atoms with Crippen molar-refractivity contribution in [1.29, 1.82) is 0 Å². The number of hydrogen-bond acceptors (Lipinski definition) is 7. The SMILES string of the molecule is CCN(CC)Cc1ccc(/C=N/Nc2ncnc3c2cnn3-c2cccc(OC)c2)cc1. The number of hydrazone groups is 1. The van der Waals surface area contributed by atoms with E-state index >= 15 is 0 Å². The first-order chi connectivity index (χ1) is 15.7. The standard InChI is InChI=1S/C24H27N7O/c1-4-30(5-2)16-19-11-9-18(10-12-19)14-27-29-23-22-15-28-31(24(22)26-17-25-23)20-7-6-8-21(13-20)32-3/h6-15,17H,4-5,16H2,1-3H3,(H,25,26,29)/b27-14+. The lowest BCUT2D eigenvalue weighted by molar-refractivity contribution is 0.296. The number of benzene rings is 2. The summed E-state index contributed by atoms with van der Waals surface area (Å²) < 4.78 is 7.07. The molecule has 0 saturated carbocycles. The largest absolute Gasteiger partial charge is 0.497 e. The second-order valence-electron chi connectivity index (χ2n) is 7.29. The summed E-state index contributed by atoms with van der Waals surface area (Å²) in [6.45, 7) is 7.41. The van der Waals surface area contributed by atoms with E-state index in [1.807, 2.05) is 24.3 Å². The van der Waals surface area contributed by atoms with Crippen LogP contribution in [0, 0.1) is 0 Å². The average molecular weight is 430 g/mol. The Kier molecular flexibility index (Phi) is 6.72. The van der Waals surface area contributed by atoms with Crippen LogP contribution in [-0.4, -0.2) is 51.1 Å². The van der Waals surface area contributed by atoms with Gasteiger partial charge >= 0.3 is 0 Å². The molecule has 8 nitrogen and oxygen atoms in total. The van der Waals surface area contributed by atoms with Gasteiger partial charge in [-0.2, -0.15) is 10.2 Å². The van der Waals surface area contributed by atoms with Gasteiger partial charge in [0, 0.05) is 12.6 Å². The molecule has 0 aliphatic rings. The summed E-state index contributed by atoms with van der Waals surface area (Å²) in [5.41, 5.74) is 6.87. The van der Waals surface area contributed by atoms with Crippen molar-refractivity contribution in [2.75, 3.05) is 25.6 Å². The molecule has 0 atom stereocenters.